The number of aromatic nitrogens is 3. The number of benzene rings is 1. The maximum atomic E-state index is 5.75. The summed E-state index contributed by atoms with van der Waals surface area (Å²) in [7, 11) is 0. The van der Waals surface area contributed by atoms with Crippen LogP contribution in [0.3, 0.4) is 0 Å². The lowest BCUT2D eigenvalue weighted by Gasteiger charge is -2.32. The molecule has 0 amide bonds. The van der Waals surface area contributed by atoms with Gasteiger partial charge in [0, 0.05) is 41.3 Å². The molecule has 1 saturated heterocycles. The Kier molecular flexibility index (Phi) is 4.63. The molecule has 25 heavy (non-hydrogen) atoms. The minimum atomic E-state index is 0.359. The van der Waals surface area contributed by atoms with Gasteiger partial charge in [-0.3, -0.25) is 9.88 Å². The summed E-state index contributed by atoms with van der Waals surface area (Å²) in [5, 5.41) is 1.16. The Morgan fingerprint density at radius 3 is 2.96 bits per heavy atom. The van der Waals surface area contributed by atoms with E-state index in [2.05, 4.69) is 54.0 Å². The molecule has 1 aliphatic rings. The largest absolute Gasteiger partial charge is 0.368 e. The molecule has 1 aliphatic heterocycles. The van der Waals surface area contributed by atoms with Crippen molar-refractivity contribution in [2.24, 2.45) is 0 Å². The third-order valence-corrected chi connectivity index (χ3v) is 5.51. The number of piperidine rings is 1. The van der Waals surface area contributed by atoms with Crippen LogP contribution in [0.2, 0.25) is 0 Å². The van der Waals surface area contributed by atoms with Crippen LogP contribution in [-0.4, -0.2) is 32.9 Å². The molecular formula is C19H20BrN5. The van der Waals surface area contributed by atoms with Crippen LogP contribution in [0.25, 0.3) is 10.9 Å². The van der Waals surface area contributed by atoms with E-state index in [4.69, 9.17) is 5.73 Å². The number of hydrogen-bond donors (Lipinski definition) is 1. The molecule has 4 rings (SSSR count). The second-order valence-electron chi connectivity index (χ2n) is 6.52. The van der Waals surface area contributed by atoms with Crippen LogP contribution < -0.4 is 5.73 Å². The van der Waals surface area contributed by atoms with Crippen LogP contribution in [0.4, 0.5) is 5.95 Å². The third kappa shape index (κ3) is 3.50. The van der Waals surface area contributed by atoms with Gasteiger partial charge in [-0.25, -0.2) is 9.97 Å². The van der Waals surface area contributed by atoms with Crippen molar-refractivity contribution in [3.05, 3.63) is 58.5 Å². The Labute approximate surface area is 155 Å². The SMILES string of the molecule is Nc1nccc([C@H]2CCCN(Cc3ccc(Br)c4cccnc34)C2)n1. The fourth-order valence-electron chi connectivity index (χ4n) is 3.62. The lowest BCUT2D eigenvalue weighted by atomic mass is 9.94. The first-order valence-corrected chi connectivity index (χ1v) is 9.33. The smallest absolute Gasteiger partial charge is 0.220 e. The topological polar surface area (TPSA) is 67.9 Å². The number of rotatable bonds is 3. The number of nitrogens with two attached hydrogens (primary N) is 1. The zero-order valence-corrected chi connectivity index (χ0v) is 15.5. The van der Waals surface area contributed by atoms with E-state index in [1.165, 1.54) is 5.56 Å². The summed E-state index contributed by atoms with van der Waals surface area (Å²) in [5.74, 6) is 0.770. The summed E-state index contributed by atoms with van der Waals surface area (Å²) in [6.45, 7) is 2.99. The number of halogens is 1. The van der Waals surface area contributed by atoms with E-state index in [1.807, 2.05) is 18.3 Å². The first-order chi connectivity index (χ1) is 12.2. The quantitative estimate of drug-likeness (QED) is 0.728. The van der Waals surface area contributed by atoms with E-state index in [0.717, 1.165) is 53.5 Å². The summed E-state index contributed by atoms with van der Waals surface area (Å²) in [4.78, 5) is 15.5. The predicted octanol–water partition coefficient (Wildman–Crippen LogP) is 3.75. The van der Waals surface area contributed by atoms with Crippen LogP contribution in [0.15, 0.2) is 47.2 Å². The maximum absolute atomic E-state index is 5.75. The van der Waals surface area contributed by atoms with Crippen molar-refractivity contribution in [3.8, 4) is 0 Å². The van der Waals surface area contributed by atoms with E-state index in [1.54, 1.807) is 6.20 Å². The van der Waals surface area contributed by atoms with Crippen molar-refractivity contribution >= 4 is 32.8 Å². The molecule has 0 saturated carbocycles. The monoisotopic (exact) mass is 397 g/mol. The number of likely N-dealkylation sites (tertiary alicyclic amines) is 1. The molecule has 1 fully saturated rings. The van der Waals surface area contributed by atoms with E-state index < -0.39 is 0 Å². The van der Waals surface area contributed by atoms with Gasteiger partial charge in [-0.2, -0.15) is 0 Å². The number of pyridine rings is 1. The van der Waals surface area contributed by atoms with Crippen molar-refractivity contribution in [2.45, 2.75) is 25.3 Å². The highest BCUT2D eigenvalue weighted by Crippen LogP contribution is 2.29. The molecule has 1 aromatic carbocycles. The second kappa shape index (κ2) is 7.06. The first-order valence-electron chi connectivity index (χ1n) is 8.53. The summed E-state index contributed by atoms with van der Waals surface area (Å²) in [5.41, 5.74) is 9.14. The fraction of sp³-hybridized carbons (Fsp3) is 0.316. The standard InChI is InChI=1S/C19H20BrN5/c20-16-6-5-14(18-15(16)4-1-8-22-18)12-25-10-2-3-13(11-25)17-7-9-23-19(21)24-17/h1,4-9,13H,2-3,10-12H2,(H2,21,23,24)/t13-/m0/s1. The molecule has 6 heteroatoms. The molecule has 0 bridgehead atoms. The van der Waals surface area contributed by atoms with Gasteiger partial charge in [0.05, 0.1) is 11.2 Å². The molecule has 0 radical (unpaired) electrons. The van der Waals surface area contributed by atoms with Gasteiger partial charge in [-0.1, -0.05) is 28.1 Å². The van der Waals surface area contributed by atoms with Gasteiger partial charge in [-0.05, 0) is 43.1 Å². The van der Waals surface area contributed by atoms with Crippen LogP contribution in [0.1, 0.15) is 30.0 Å². The van der Waals surface area contributed by atoms with E-state index in [9.17, 15) is 0 Å². The van der Waals surface area contributed by atoms with Crippen LogP contribution in [0.5, 0.6) is 0 Å². The lowest BCUT2D eigenvalue weighted by Crippen LogP contribution is -2.34. The van der Waals surface area contributed by atoms with Gasteiger partial charge >= 0.3 is 0 Å². The van der Waals surface area contributed by atoms with Gasteiger partial charge in [-0.15, -0.1) is 0 Å². The minimum Gasteiger partial charge on any atom is -0.368 e. The third-order valence-electron chi connectivity index (χ3n) is 4.81. The molecule has 0 spiro atoms. The Bertz CT molecular complexity index is 898. The van der Waals surface area contributed by atoms with Crippen molar-refractivity contribution in [2.75, 3.05) is 18.8 Å². The highest BCUT2D eigenvalue weighted by molar-refractivity contribution is 9.10. The van der Waals surface area contributed by atoms with Crippen molar-refractivity contribution < 1.29 is 0 Å². The summed E-state index contributed by atoms with van der Waals surface area (Å²) >= 11 is 3.62. The van der Waals surface area contributed by atoms with Gasteiger partial charge in [0.15, 0.2) is 0 Å². The molecular weight excluding hydrogens is 378 g/mol. The van der Waals surface area contributed by atoms with Gasteiger partial charge in [0.2, 0.25) is 5.95 Å². The van der Waals surface area contributed by atoms with E-state index in [0.29, 0.717) is 11.9 Å². The van der Waals surface area contributed by atoms with Gasteiger partial charge < -0.3 is 5.73 Å². The molecule has 1 atom stereocenters. The van der Waals surface area contributed by atoms with Crippen LogP contribution in [-0.2, 0) is 6.54 Å². The molecule has 3 heterocycles. The molecule has 3 aromatic rings. The normalized spacial score (nSPS) is 18.5. The summed E-state index contributed by atoms with van der Waals surface area (Å²) < 4.78 is 1.09. The second-order valence-corrected chi connectivity index (χ2v) is 7.37. The number of hydrogen-bond acceptors (Lipinski definition) is 5. The number of nitrogens with zero attached hydrogens (tertiary/aromatic N) is 4. The Hall–Kier alpha value is -2.05. The van der Waals surface area contributed by atoms with E-state index >= 15 is 0 Å². The van der Waals surface area contributed by atoms with Gasteiger partial charge in [0.1, 0.15) is 0 Å². The van der Waals surface area contributed by atoms with Crippen LogP contribution >= 0.6 is 15.9 Å². The minimum absolute atomic E-state index is 0.359. The Morgan fingerprint density at radius 2 is 2.08 bits per heavy atom. The summed E-state index contributed by atoms with van der Waals surface area (Å²) in [6, 6.07) is 10.4. The Balaban J connectivity index is 1.56. The van der Waals surface area contributed by atoms with Crippen molar-refractivity contribution in [3.63, 3.8) is 0 Å². The first kappa shape index (κ1) is 16.4. The zero-order chi connectivity index (χ0) is 17.2. The molecule has 0 unspecified atom stereocenters. The Morgan fingerprint density at radius 1 is 1.16 bits per heavy atom. The molecule has 0 aliphatic carbocycles. The predicted molar refractivity (Wildman–Crippen MR) is 103 cm³/mol. The van der Waals surface area contributed by atoms with Crippen LogP contribution in [0, 0.1) is 0 Å². The van der Waals surface area contributed by atoms with Crippen molar-refractivity contribution in [1.82, 2.24) is 19.9 Å². The fourth-order valence-corrected chi connectivity index (χ4v) is 4.07. The average molecular weight is 398 g/mol. The molecule has 128 valence electrons. The highest BCUT2D eigenvalue weighted by atomic mass is 79.9. The maximum Gasteiger partial charge on any atom is 0.220 e. The molecule has 2 N–H and O–H groups in total. The van der Waals surface area contributed by atoms with E-state index in [-0.39, 0.29) is 0 Å². The highest BCUT2D eigenvalue weighted by Gasteiger charge is 2.23. The average Bonchev–Trinajstić information content (AvgIpc) is 2.65. The number of anilines is 1. The number of nitrogen functional groups attached to an aromatic ring is 1. The van der Waals surface area contributed by atoms with Gasteiger partial charge in [0.25, 0.3) is 0 Å². The number of fused-ring (bicyclic) bond motifs is 1. The summed E-state index contributed by atoms with van der Waals surface area (Å²) in [6.07, 6.45) is 5.92. The zero-order valence-electron chi connectivity index (χ0n) is 13.9. The lowest BCUT2D eigenvalue weighted by molar-refractivity contribution is 0.199. The molecule has 2 aromatic heterocycles. The van der Waals surface area contributed by atoms with Crippen molar-refractivity contribution in [1.29, 1.82) is 0 Å². The molecule has 5 nitrogen and oxygen atoms in total.